The van der Waals surface area contributed by atoms with Crippen molar-refractivity contribution in [2.75, 3.05) is 0 Å². The van der Waals surface area contributed by atoms with E-state index in [4.69, 9.17) is 5.73 Å². The predicted octanol–water partition coefficient (Wildman–Crippen LogP) is 2.66. The third kappa shape index (κ3) is 1.84. The molecule has 0 aliphatic heterocycles. The van der Waals surface area contributed by atoms with E-state index in [2.05, 4.69) is 0 Å². The zero-order chi connectivity index (χ0) is 14.1. The van der Waals surface area contributed by atoms with Crippen LogP contribution in [-0.2, 0) is 13.6 Å². The van der Waals surface area contributed by atoms with Crippen molar-refractivity contribution in [2.45, 2.75) is 6.54 Å². The molecule has 0 fully saturated rings. The second kappa shape index (κ2) is 4.94. The van der Waals surface area contributed by atoms with Crippen LogP contribution in [0.25, 0.3) is 21.9 Å². The molecule has 3 heteroatoms. The molecule has 0 aliphatic carbocycles. The number of fused-ring (bicyclic) bond motifs is 1. The van der Waals surface area contributed by atoms with Gasteiger partial charge in [0.2, 0.25) is 0 Å². The lowest BCUT2D eigenvalue weighted by molar-refractivity contribution is 0.785. The van der Waals surface area contributed by atoms with Gasteiger partial charge in [-0.05, 0) is 17.0 Å². The lowest BCUT2D eigenvalue weighted by Crippen LogP contribution is -2.23. The highest BCUT2D eigenvalue weighted by Gasteiger charge is 2.14. The number of rotatable bonds is 2. The molecule has 0 spiro atoms. The van der Waals surface area contributed by atoms with Crippen LogP contribution in [0.4, 0.5) is 0 Å². The molecule has 3 nitrogen and oxygen atoms in total. The van der Waals surface area contributed by atoms with Crippen molar-refractivity contribution in [1.82, 2.24) is 4.57 Å². The molecule has 0 atom stereocenters. The first-order chi connectivity index (χ1) is 9.74. The Morgan fingerprint density at radius 1 is 0.950 bits per heavy atom. The van der Waals surface area contributed by atoms with Gasteiger partial charge < -0.3 is 10.3 Å². The maximum Gasteiger partial charge on any atom is 0.258 e. The summed E-state index contributed by atoms with van der Waals surface area (Å²) in [6, 6.07) is 17.8. The molecule has 0 bridgehead atoms. The van der Waals surface area contributed by atoms with Crippen LogP contribution in [0.15, 0.2) is 59.4 Å². The zero-order valence-electron chi connectivity index (χ0n) is 11.3. The zero-order valence-corrected chi connectivity index (χ0v) is 11.3. The van der Waals surface area contributed by atoms with E-state index in [0.29, 0.717) is 6.54 Å². The molecule has 0 unspecified atom stereocenters. The minimum Gasteiger partial charge on any atom is -0.325 e. The van der Waals surface area contributed by atoms with Gasteiger partial charge in [-0.1, -0.05) is 48.5 Å². The molecule has 0 radical (unpaired) electrons. The molecule has 20 heavy (non-hydrogen) atoms. The lowest BCUT2D eigenvalue weighted by Gasteiger charge is -2.16. The Bertz CT molecular complexity index is 820. The Morgan fingerprint density at radius 3 is 2.20 bits per heavy atom. The summed E-state index contributed by atoms with van der Waals surface area (Å²) in [5, 5.41) is 1.69. The first-order valence-electron chi connectivity index (χ1n) is 6.60. The third-order valence-corrected chi connectivity index (χ3v) is 3.68. The van der Waals surface area contributed by atoms with Gasteiger partial charge in [-0.15, -0.1) is 0 Å². The normalized spacial score (nSPS) is 10.9. The van der Waals surface area contributed by atoms with Crippen molar-refractivity contribution < 1.29 is 0 Å². The van der Waals surface area contributed by atoms with Gasteiger partial charge in [0, 0.05) is 30.2 Å². The molecular formula is C17H16N2O. The topological polar surface area (TPSA) is 48.0 Å². The quantitative estimate of drug-likeness (QED) is 0.773. The van der Waals surface area contributed by atoms with Crippen LogP contribution in [0.5, 0.6) is 0 Å². The highest BCUT2D eigenvalue weighted by Crippen LogP contribution is 2.29. The van der Waals surface area contributed by atoms with Crippen molar-refractivity contribution in [3.8, 4) is 11.1 Å². The molecule has 2 aromatic carbocycles. The van der Waals surface area contributed by atoms with E-state index >= 15 is 0 Å². The first-order valence-corrected chi connectivity index (χ1v) is 6.60. The van der Waals surface area contributed by atoms with Gasteiger partial charge in [-0.25, -0.2) is 0 Å². The number of benzene rings is 2. The van der Waals surface area contributed by atoms with Gasteiger partial charge >= 0.3 is 0 Å². The first kappa shape index (κ1) is 12.6. The maximum absolute atomic E-state index is 12.4. The summed E-state index contributed by atoms with van der Waals surface area (Å²) in [4.78, 5) is 12.4. The molecule has 3 rings (SSSR count). The van der Waals surface area contributed by atoms with Crippen molar-refractivity contribution in [1.29, 1.82) is 0 Å². The second-order valence-electron chi connectivity index (χ2n) is 4.80. The Morgan fingerprint density at radius 2 is 1.55 bits per heavy atom. The largest absolute Gasteiger partial charge is 0.325 e. The fourth-order valence-corrected chi connectivity index (χ4v) is 2.68. The molecule has 100 valence electrons. The van der Waals surface area contributed by atoms with E-state index in [1.807, 2.05) is 54.6 Å². The number of aromatic nitrogens is 1. The highest BCUT2D eigenvalue weighted by molar-refractivity contribution is 5.97. The molecule has 1 heterocycles. The third-order valence-electron chi connectivity index (χ3n) is 3.68. The van der Waals surface area contributed by atoms with E-state index in [1.54, 1.807) is 11.6 Å². The highest BCUT2D eigenvalue weighted by atomic mass is 16.1. The summed E-state index contributed by atoms with van der Waals surface area (Å²) in [5.41, 5.74) is 8.88. The van der Waals surface area contributed by atoms with E-state index in [9.17, 15) is 4.79 Å². The standard InChI is InChI=1S/C17H16N2O/c1-19-15(11-18)16(12-7-3-2-4-8-12)13-9-5-6-10-14(13)17(19)20/h2-10H,11,18H2,1H3. The van der Waals surface area contributed by atoms with E-state index in [-0.39, 0.29) is 5.56 Å². The molecule has 2 N–H and O–H groups in total. The van der Waals surface area contributed by atoms with Crippen LogP contribution in [-0.4, -0.2) is 4.57 Å². The fourth-order valence-electron chi connectivity index (χ4n) is 2.68. The van der Waals surface area contributed by atoms with Crippen molar-refractivity contribution >= 4 is 10.8 Å². The van der Waals surface area contributed by atoms with E-state index in [0.717, 1.165) is 27.6 Å². The van der Waals surface area contributed by atoms with Crippen LogP contribution >= 0.6 is 0 Å². The predicted molar refractivity (Wildman–Crippen MR) is 82.5 cm³/mol. The minimum absolute atomic E-state index is 0.000677. The minimum atomic E-state index is 0.000677. The summed E-state index contributed by atoms with van der Waals surface area (Å²) in [6.07, 6.45) is 0. The number of nitrogens with two attached hydrogens (primary N) is 1. The molecule has 0 saturated carbocycles. The molecule has 1 aromatic heterocycles. The van der Waals surface area contributed by atoms with Crippen LogP contribution in [0.1, 0.15) is 5.69 Å². The Labute approximate surface area is 117 Å². The molecule has 3 aromatic rings. The summed E-state index contributed by atoms with van der Waals surface area (Å²) < 4.78 is 1.66. The monoisotopic (exact) mass is 264 g/mol. The molecular weight excluding hydrogens is 248 g/mol. The summed E-state index contributed by atoms with van der Waals surface area (Å²) >= 11 is 0. The van der Waals surface area contributed by atoms with Crippen molar-refractivity contribution in [3.63, 3.8) is 0 Å². The fraction of sp³-hybridized carbons (Fsp3) is 0.118. The summed E-state index contributed by atoms with van der Waals surface area (Å²) in [7, 11) is 1.78. The van der Waals surface area contributed by atoms with Crippen molar-refractivity contribution in [2.24, 2.45) is 12.8 Å². The number of hydrogen-bond donors (Lipinski definition) is 1. The summed E-state index contributed by atoms with van der Waals surface area (Å²) in [6.45, 7) is 0.334. The Hall–Kier alpha value is -2.39. The summed E-state index contributed by atoms with van der Waals surface area (Å²) in [5.74, 6) is 0. The molecule has 0 saturated heterocycles. The SMILES string of the molecule is Cn1c(CN)c(-c2ccccc2)c2ccccc2c1=O. The smallest absolute Gasteiger partial charge is 0.258 e. The van der Waals surface area contributed by atoms with E-state index < -0.39 is 0 Å². The number of nitrogens with zero attached hydrogens (tertiary/aromatic N) is 1. The Kier molecular flexibility index (Phi) is 3.12. The van der Waals surface area contributed by atoms with Crippen LogP contribution < -0.4 is 11.3 Å². The van der Waals surface area contributed by atoms with Crippen molar-refractivity contribution in [3.05, 3.63) is 70.6 Å². The lowest BCUT2D eigenvalue weighted by atomic mass is 9.97. The van der Waals surface area contributed by atoms with Gasteiger partial charge in [0.1, 0.15) is 0 Å². The number of pyridine rings is 1. The van der Waals surface area contributed by atoms with Crippen LogP contribution in [0, 0.1) is 0 Å². The van der Waals surface area contributed by atoms with Crippen LogP contribution in [0.3, 0.4) is 0 Å². The van der Waals surface area contributed by atoms with Gasteiger partial charge in [0.25, 0.3) is 5.56 Å². The second-order valence-corrected chi connectivity index (χ2v) is 4.80. The number of hydrogen-bond acceptors (Lipinski definition) is 2. The van der Waals surface area contributed by atoms with Gasteiger partial charge in [-0.3, -0.25) is 4.79 Å². The Balaban J connectivity index is 2.52. The molecule has 0 amide bonds. The van der Waals surface area contributed by atoms with Gasteiger partial charge in [0.05, 0.1) is 0 Å². The van der Waals surface area contributed by atoms with Gasteiger partial charge in [0.15, 0.2) is 0 Å². The molecule has 0 aliphatic rings. The van der Waals surface area contributed by atoms with E-state index in [1.165, 1.54) is 0 Å². The average Bonchev–Trinajstić information content (AvgIpc) is 2.51. The van der Waals surface area contributed by atoms with Gasteiger partial charge in [-0.2, -0.15) is 0 Å². The van der Waals surface area contributed by atoms with Crippen LogP contribution in [0.2, 0.25) is 0 Å². The average molecular weight is 264 g/mol. The maximum atomic E-state index is 12.4.